The quantitative estimate of drug-likeness (QED) is 0.862. The molecule has 0 saturated heterocycles. The summed E-state index contributed by atoms with van der Waals surface area (Å²) in [6.45, 7) is 8.54. The van der Waals surface area contributed by atoms with Crippen molar-refractivity contribution in [1.82, 2.24) is 0 Å². The van der Waals surface area contributed by atoms with Gasteiger partial charge in [0, 0.05) is 0 Å². The van der Waals surface area contributed by atoms with Crippen molar-refractivity contribution in [2.45, 2.75) is 66.2 Å². The average Bonchev–Trinajstić information content (AvgIpc) is 2.43. The molecule has 0 unspecified atom stereocenters. The number of carbonyl (C=O) groups is 1. The summed E-state index contributed by atoms with van der Waals surface area (Å²) in [7, 11) is 0. The highest BCUT2D eigenvalue weighted by Crippen LogP contribution is 2.43. The molecule has 1 aliphatic carbocycles. The second-order valence-electron chi connectivity index (χ2n) is 6.99. The molecule has 0 aromatic heterocycles. The van der Waals surface area contributed by atoms with Gasteiger partial charge in [0.15, 0.2) is 0 Å². The smallest absolute Gasteiger partial charge is 0.309 e. The van der Waals surface area contributed by atoms with Crippen LogP contribution in [0.1, 0.15) is 61.3 Å². The molecule has 1 aromatic carbocycles. The van der Waals surface area contributed by atoms with E-state index in [1.54, 1.807) is 0 Å². The Labute approximate surface area is 128 Å². The van der Waals surface area contributed by atoms with Crippen molar-refractivity contribution in [2.75, 3.05) is 0 Å². The molecule has 1 N–H and O–H groups in total. The standard InChI is InChI=1S/C19H28O2/c1-5-16-6-8-19(9-7-16,18(20)21)12-17-14(3)10-13(2)11-15(17)4/h10-11,16H,5-9,12H2,1-4H3,(H,20,21). The van der Waals surface area contributed by atoms with E-state index in [1.807, 2.05) is 0 Å². The lowest BCUT2D eigenvalue weighted by Gasteiger charge is -2.37. The molecule has 0 amide bonds. The Hall–Kier alpha value is -1.31. The van der Waals surface area contributed by atoms with E-state index in [4.69, 9.17) is 0 Å². The molecule has 1 fully saturated rings. The number of hydrogen-bond acceptors (Lipinski definition) is 1. The number of aryl methyl sites for hydroxylation is 3. The van der Waals surface area contributed by atoms with Crippen LogP contribution in [0.2, 0.25) is 0 Å². The maximum absolute atomic E-state index is 12.0. The summed E-state index contributed by atoms with van der Waals surface area (Å²) in [5.74, 6) is 0.120. The van der Waals surface area contributed by atoms with Crippen LogP contribution < -0.4 is 0 Å². The Morgan fingerprint density at radius 2 is 1.71 bits per heavy atom. The zero-order valence-electron chi connectivity index (χ0n) is 13.8. The minimum absolute atomic E-state index is 0.545. The van der Waals surface area contributed by atoms with Crippen LogP contribution >= 0.6 is 0 Å². The van der Waals surface area contributed by atoms with E-state index in [1.165, 1.54) is 28.7 Å². The maximum atomic E-state index is 12.0. The van der Waals surface area contributed by atoms with Crippen molar-refractivity contribution < 1.29 is 9.90 Å². The van der Waals surface area contributed by atoms with Crippen LogP contribution in [0.5, 0.6) is 0 Å². The molecule has 0 heterocycles. The summed E-state index contributed by atoms with van der Waals surface area (Å²) < 4.78 is 0. The van der Waals surface area contributed by atoms with Gasteiger partial charge in [0.05, 0.1) is 5.41 Å². The van der Waals surface area contributed by atoms with Crippen molar-refractivity contribution in [3.63, 3.8) is 0 Å². The van der Waals surface area contributed by atoms with Gasteiger partial charge < -0.3 is 5.11 Å². The second-order valence-corrected chi connectivity index (χ2v) is 6.99. The zero-order valence-corrected chi connectivity index (χ0v) is 13.8. The summed E-state index contributed by atoms with van der Waals surface area (Å²) in [6, 6.07) is 4.35. The third-order valence-electron chi connectivity index (χ3n) is 5.45. The number of hydrogen-bond donors (Lipinski definition) is 1. The Bertz CT molecular complexity index is 499. The van der Waals surface area contributed by atoms with Crippen molar-refractivity contribution in [1.29, 1.82) is 0 Å². The predicted molar refractivity (Wildman–Crippen MR) is 86.7 cm³/mol. The fourth-order valence-electron chi connectivity index (χ4n) is 3.93. The number of carboxylic acid groups (broad SMARTS) is 1. The lowest BCUT2D eigenvalue weighted by Crippen LogP contribution is -2.37. The molecular formula is C19H28O2. The Balaban J connectivity index is 2.28. The van der Waals surface area contributed by atoms with Gasteiger partial charge in [0.25, 0.3) is 0 Å². The van der Waals surface area contributed by atoms with E-state index in [0.29, 0.717) is 6.42 Å². The van der Waals surface area contributed by atoms with Crippen LogP contribution in [0.25, 0.3) is 0 Å². The highest BCUT2D eigenvalue weighted by Gasteiger charge is 2.42. The van der Waals surface area contributed by atoms with Gasteiger partial charge in [-0.25, -0.2) is 0 Å². The molecule has 1 aliphatic rings. The van der Waals surface area contributed by atoms with Crippen molar-refractivity contribution in [2.24, 2.45) is 11.3 Å². The largest absolute Gasteiger partial charge is 0.481 e. The van der Waals surface area contributed by atoms with Crippen LogP contribution in [0.15, 0.2) is 12.1 Å². The van der Waals surface area contributed by atoms with Crippen molar-refractivity contribution in [3.05, 3.63) is 34.4 Å². The Morgan fingerprint density at radius 1 is 1.19 bits per heavy atom. The van der Waals surface area contributed by atoms with E-state index in [2.05, 4.69) is 39.8 Å². The first-order valence-corrected chi connectivity index (χ1v) is 8.18. The summed E-state index contributed by atoms with van der Waals surface area (Å²) in [5.41, 5.74) is 4.44. The second kappa shape index (κ2) is 6.21. The van der Waals surface area contributed by atoms with Crippen molar-refractivity contribution in [3.8, 4) is 0 Å². The van der Waals surface area contributed by atoms with Gasteiger partial charge in [-0.2, -0.15) is 0 Å². The Kier molecular flexibility index (Phi) is 4.75. The third-order valence-corrected chi connectivity index (χ3v) is 5.45. The molecule has 0 bridgehead atoms. The first-order chi connectivity index (χ1) is 9.88. The average molecular weight is 288 g/mol. The van der Waals surface area contributed by atoms with Crippen molar-refractivity contribution >= 4 is 5.97 Å². The van der Waals surface area contributed by atoms with E-state index < -0.39 is 11.4 Å². The monoisotopic (exact) mass is 288 g/mol. The van der Waals surface area contributed by atoms with E-state index in [0.717, 1.165) is 31.6 Å². The molecule has 1 aromatic rings. The molecule has 21 heavy (non-hydrogen) atoms. The fourth-order valence-corrected chi connectivity index (χ4v) is 3.93. The lowest BCUT2D eigenvalue weighted by molar-refractivity contribution is -0.151. The lowest BCUT2D eigenvalue weighted by atomic mass is 9.66. The molecule has 2 heteroatoms. The minimum atomic E-state index is -0.601. The van der Waals surface area contributed by atoms with Gasteiger partial charge in [-0.05, 0) is 75.5 Å². The Morgan fingerprint density at radius 3 is 2.14 bits per heavy atom. The van der Waals surface area contributed by atoms with Gasteiger partial charge in [0.2, 0.25) is 0 Å². The maximum Gasteiger partial charge on any atom is 0.309 e. The molecule has 0 atom stereocenters. The summed E-state index contributed by atoms with van der Waals surface area (Å²) >= 11 is 0. The summed E-state index contributed by atoms with van der Waals surface area (Å²) in [4.78, 5) is 12.0. The molecular weight excluding hydrogens is 260 g/mol. The topological polar surface area (TPSA) is 37.3 Å². The summed E-state index contributed by atoms with van der Waals surface area (Å²) in [6.07, 6.45) is 5.65. The number of aliphatic carboxylic acids is 1. The van der Waals surface area contributed by atoms with Crippen LogP contribution in [-0.2, 0) is 11.2 Å². The van der Waals surface area contributed by atoms with Crippen LogP contribution in [0, 0.1) is 32.1 Å². The first-order valence-electron chi connectivity index (χ1n) is 8.18. The predicted octanol–water partition coefficient (Wildman–Crippen LogP) is 4.83. The fraction of sp³-hybridized carbons (Fsp3) is 0.632. The number of carboxylic acids is 1. The van der Waals surface area contributed by atoms with Gasteiger partial charge in [-0.3, -0.25) is 4.79 Å². The molecule has 1 saturated carbocycles. The van der Waals surface area contributed by atoms with E-state index in [-0.39, 0.29) is 0 Å². The van der Waals surface area contributed by atoms with Crippen LogP contribution in [0.3, 0.4) is 0 Å². The van der Waals surface area contributed by atoms with E-state index in [9.17, 15) is 9.90 Å². The third kappa shape index (κ3) is 3.30. The van der Waals surface area contributed by atoms with Gasteiger partial charge in [0.1, 0.15) is 0 Å². The van der Waals surface area contributed by atoms with E-state index >= 15 is 0 Å². The molecule has 2 rings (SSSR count). The molecule has 0 radical (unpaired) electrons. The molecule has 0 aliphatic heterocycles. The van der Waals surface area contributed by atoms with Gasteiger partial charge in [-0.1, -0.05) is 31.0 Å². The van der Waals surface area contributed by atoms with Gasteiger partial charge in [-0.15, -0.1) is 0 Å². The summed E-state index contributed by atoms with van der Waals surface area (Å²) in [5, 5.41) is 9.85. The SMILES string of the molecule is CCC1CCC(Cc2c(C)cc(C)cc2C)(C(=O)O)CC1. The molecule has 0 spiro atoms. The number of benzene rings is 1. The van der Waals surface area contributed by atoms with Crippen LogP contribution in [0.4, 0.5) is 0 Å². The highest BCUT2D eigenvalue weighted by atomic mass is 16.4. The zero-order chi connectivity index (χ0) is 15.6. The normalized spacial score (nSPS) is 25.8. The first kappa shape index (κ1) is 16.1. The molecule has 2 nitrogen and oxygen atoms in total. The van der Waals surface area contributed by atoms with Gasteiger partial charge >= 0.3 is 5.97 Å². The number of rotatable bonds is 4. The molecule has 116 valence electrons. The van der Waals surface area contributed by atoms with Crippen LogP contribution in [-0.4, -0.2) is 11.1 Å². The highest BCUT2D eigenvalue weighted by molar-refractivity contribution is 5.75. The minimum Gasteiger partial charge on any atom is -0.481 e.